The molecule has 1 fully saturated rings. The molecule has 2 unspecified atom stereocenters. The van der Waals surface area contributed by atoms with E-state index in [2.05, 4.69) is 27.2 Å². The average molecular weight is 395 g/mol. The van der Waals surface area contributed by atoms with Gasteiger partial charge in [-0.15, -0.1) is 5.10 Å². The van der Waals surface area contributed by atoms with Gasteiger partial charge >= 0.3 is 0 Å². The molecule has 3 aromatic rings. The zero-order valence-electron chi connectivity index (χ0n) is 16.8. The quantitative estimate of drug-likeness (QED) is 0.712. The number of hydrogen-bond donors (Lipinski definition) is 1. The van der Waals surface area contributed by atoms with Crippen molar-refractivity contribution in [2.75, 3.05) is 39.3 Å². The number of nitrogens with zero attached hydrogens (tertiary/aromatic N) is 3. The minimum absolute atomic E-state index is 0.182. The maximum Gasteiger partial charge on any atom is 0.161 e. The molecule has 1 aromatic heterocycles. The third-order valence-electron chi connectivity index (χ3n) is 5.46. The van der Waals surface area contributed by atoms with E-state index in [1.807, 2.05) is 24.3 Å². The van der Waals surface area contributed by atoms with Gasteiger partial charge in [0.2, 0.25) is 0 Å². The maximum atomic E-state index is 10.6. The van der Waals surface area contributed by atoms with Crippen molar-refractivity contribution in [3.8, 4) is 17.2 Å². The summed E-state index contributed by atoms with van der Waals surface area (Å²) < 4.78 is 16.1. The lowest BCUT2D eigenvalue weighted by Gasteiger charge is -2.37. The van der Waals surface area contributed by atoms with Gasteiger partial charge in [0.1, 0.15) is 5.75 Å². The number of β-amino-alcohol motifs (C(OH)–C–C–N with tert-alkyl or cyclic N) is 1. The van der Waals surface area contributed by atoms with Gasteiger partial charge in [-0.1, -0.05) is 12.1 Å². The summed E-state index contributed by atoms with van der Waals surface area (Å²) >= 11 is 0. The lowest BCUT2D eigenvalue weighted by Crippen LogP contribution is -2.42. The predicted molar refractivity (Wildman–Crippen MR) is 111 cm³/mol. The molecule has 29 heavy (non-hydrogen) atoms. The van der Waals surface area contributed by atoms with Crippen LogP contribution in [0.2, 0.25) is 0 Å². The average Bonchev–Trinajstić information content (AvgIpc) is 2.77. The first-order valence-electron chi connectivity index (χ1n) is 9.57. The van der Waals surface area contributed by atoms with Crippen LogP contribution in [0.1, 0.15) is 17.9 Å². The van der Waals surface area contributed by atoms with E-state index in [1.54, 1.807) is 27.5 Å². The summed E-state index contributed by atoms with van der Waals surface area (Å²) in [5, 5.41) is 21.0. The second kappa shape index (κ2) is 8.13. The molecular formula is C22H25N3O4. The van der Waals surface area contributed by atoms with Crippen LogP contribution in [0.25, 0.3) is 10.8 Å². The molecule has 2 heterocycles. The minimum Gasteiger partial charge on any atom is -0.497 e. The SMILES string of the molecule is COc1ccc(C2CC(O)CN(c3nncc4cc(OC)c(OC)cc34)C2)cc1. The van der Waals surface area contributed by atoms with E-state index in [-0.39, 0.29) is 5.92 Å². The number of aliphatic hydroxyl groups excluding tert-OH is 1. The van der Waals surface area contributed by atoms with E-state index >= 15 is 0 Å². The van der Waals surface area contributed by atoms with Crippen molar-refractivity contribution in [2.45, 2.75) is 18.4 Å². The van der Waals surface area contributed by atoms with Crippen molar-refractivity contribution in [3.05, 3.63) is 48.2 Å². The predicted octanol–water partition coefficient (Wildman–Crippen LogP) is 3.01. The number of piperidine rings is 1. The molecule has 7 nitrogen and oxygen atoms in total. The minimum atomic E-state index is -0.451. The number of ether oxygens (including phenoxy) is 3. The van der Waals surface area contributed by atoms with Crippen LogP contribution in [-0.4, -0.2) is 55.8 Å². The number of aliphatic hydroxyl groups is 1. The molecule has 7 heteroatoms. The van der Waals surface area contributed by atoms with Crippen molar-refractivity contribution in [1.82, 2.24) is 10.2 Å². The standard InChI is InChI=1S/C22H25N3O4/c1-27-18-6-4-14(5-7-18)16-8-17(26)13-25(12-16)22-19-10-21(29-3)20(28-2)9-15(19)11-23-24-22/h4-7,9-11,16-17,26H,8,12-13H2,1-3H3. The number of benzene rings is 2. The van der Waals surface area contributed by atoms with Crippen LogP contribution in [-0.2, 0) is 0 Å². The second-order valence-corrected chi connectivity index (χ2v) is 7.23. The molecule has 0 radical (unpaired) electrons. The van der Waals surface area contributed by atoms with Gasteiger partial charge in [0.15, 0.2) is 17.3 Å². The summed E-state index contributed by atoms with van der Waals surface area (Å²) in [5.41, 5.74) is 1.17. The first-order valence-corrected chi connectivity index (χ1v) is 9.57. The van der Waals surface area contributed by atoms with Crippen molar-refractivity contribution < 1.29 is 19.3 Å². The van der Waals surface area contributed by atoms with E-state index < -0.39 is 6.10 Å². The Morgan fingerprint density at radius 2 is 1.69 bits per heavy atom. The fourth-order valence-electron chi connectivity index (χ4n) is 3.99. The second-order valence-electron chi connectivity index (χ2n) is 7.23. The lowest BCUT2D eigenvalue weighted by atomic mass is 9.89. The van der Waals surface area contributed by atoms with Crippen molar-refractivity contribution >= 4 is 16.6 Å². The Hall–Kier alpha value is -3.06. The van der Waals surface area contributed by atoms with Gasteiger partial charge in [0.05, 0.1) is 33.6 Å². The topological polar surface area (TPSA) is 76.9 Å². The highest BCUT2D eigenvalue weighted by Crippen LogP contribution is 2.37. The molecule has 1 aliphatic heterocycles. The number of hydrogen-bond acceptors (Lipinski definition) is 7. The molecule has 1 N–H and O–H groups in total. The number of rotatable bonds is 5. The van der Waals surface area contributed by atoms with Gasteiger partial charge < -0.3 is 24.2 Å². The Balaban J connectivity index is 1.70. The summed E-state index contributed by atoms with van der Waals surface area (Å²) in [5.74, 6) is 3.03. The molecule has 1 aliphatic rings. The molecule has 2 aromatic carbocycles. The normalized spacial score (nSPS) is 19.2. The summed E-state index contributed by atoms with van der Waals surface area (Å²) in [7, 11) is 4.88. The zero-order valence-corrected chi connectivity index (χ0v) is 16.8. The Morgan fingerprint density at radius 1 is 0.966 bits per heavy atom. The van der Waals surface area contributed by atoms with Crippen LogP contribution in [0.4, 0.5) is 5.82 Å². The number of anilines is 1. The number of methoxy groups -OCH3 is 3. The molecule has 152 valence electrons. The number of aromatic nitrogens is 2. The highest BCUT2D eigenvalue weighted by atomic mass is 16.5. The third-order valence-corrected chi connectivity index (χ3v) is 5.46. The zero-order chi connectivity index (χ0) is 20.4. The van der Waals surface area contributed by atoms with Gasteiger partial charge in [0.25, 0.3) is 0 Å². The molecule has 4 rings (SSSR count). The van der Waals surface area contributed by atoms with Gasteiger partial charge in [-0.25, -0.2) is 0 Å². The van der Waals surface area contributed by atoms with Crippen molar-refractivity contribution in [1.29, 1.82) is 0 Å². The smallest absolute Gasteiger partial charge is 0.161 e. The summed E-state index contributed by atoms with van der Waals surface area (Å²) in [6.07, 6.45) is 1.97. The lowest BCUT2D eigenvalue weighted by molar-refractivity contribution is 0.144. The summed E-state index contributed by atoms with van der Waals surface area (Å²) in [4.78, 5) is 2.10. The third kappa shape index (κ3) is 3.78. The van der Waals surface area contributed by atoms with Crippen LogP contribution < -0.4 is 19.1 Å². The molecule has 0 amide bonds. The van der Waals surface area contributed by atoms with E-state index in [0.717, 1.165) is 28.9 Å². The molecule has 1 saturated heterocycles. The Bertz CT molecular complexity index is 993. The molecule has 0 saturated carbocycles. The first kappa shape index (κ1) is 19.3. The largest absolute Gasteiger partial charge is 0.497 e. The monoisotopic (exact) mass is 395 g/mol. The van der Waals surface area contributed by atoms with E-state index in [1.165, 1.54) is 5.56 Å². The highest BCUT2D eigenvalue weighted by molar-refractivity contribution is 5.94. The Labute approximate surface area is 169 Å². The van der Waals surface area contributed by atoms with E-state index in [4.69, 9.17) is 14.2 Å². The molecule has 0 bridgehead atoms. The van der Waals surface area contributed by atoms with Crippen molar-refractivity contribution in [2.24, 2.45) is 0 Å². The fourth-order valence-corrected chi connectivity index (χ4v) is 3.99. The fraction of sp³-hybridized carbons (Fsp3) is 0.364. The van der Waals surface area contributed by atoms with Crippen LogP contribution in [0.5, 0.6) is 17.2 Å². The van der Waals surface area contributed by atoms with Crippen LogP contribution in [0, 0.1) is 0 Å². The van der Waals surface area contributed by atoms with Crippen LogP contribution in [0.15, 0.2) is 42.6 Å². The Morgan fingerprint density at radius 3 is 2.38 bits per heavy atom. The maximum absolute atomic E-state index is 10.6. The summed E-state index contributed by atoms with van der Waals surface area (Å²) in [6.45, 7) is 1.25. The highest BCUT2D eigenvalue weighted by Gasteiger charge is 2.29. The van der Waals surface area contributed by atoms with Gasteiger partial charge in [-0.05, 0) is 36.2 Å². The van der Waals surface area contributed by atoms with Gasteiger partial charge in [0, 0.05) is 29.8 Å². The molecule has 0 aliphatic carbocycles. The first-order chi connectivity index (χ1) is 14.1. The number of fused-ring (bicyclic) bond motifs is 1. The van der Waals surface area contributed by atoms with Crippen molar-refractivity contribution in [3.63, 3.8) is 0 Å². The molecular weight excluding hydrogens is 370 g/mol. The van der Waals surface area contributed by atoms with E-state index in [9.17, 15) is 5.11 Å². The van der Waals surface area contributed by atoms with Crippen LogP contribution in [0.3, 0.4) is 0 Å². The molecule has 2 atom stereocenters. The van der Waals surface area contributed by atoms with E-state index in [0.29, 0.717) is 24.5 Å². The van der Waals surface area contributed by atoms with Crippen LogP contribution >= 0.6 is 0 Å². The molecule has 0 spiro atoms. The van der Waals surface area contributed by atoms with Gasteiger partial charge in [-0.3, -0.25) is 0 Å². The van der Waals surface area contributed by atoms with Gasteiger partial charge in [-0.2, -0.15) is 5.10 Å². The summed E-state index contributed by atoms with van der Waals surface area (Å²) in [6, 6.07) is 11.8. The Kier molecular flexibility index (Phi) is 5.40.